The molecule has 0 aromatic carbocycles. The Hall–Kier alpha value is -2.57. The molecule has 19 heavy (non-hydrogen) atoms. The Kier molecular flexibility index (Phi) is 3.01. The molecule has 0 saturated heterocycles. The van der Waals surface area contributed by atoms with Crippen LogP contribution in [0.2, 0.25) is 0 Å². The third-order valence-electron chi connectivity index (χ3n) is 2.76. The first-order chi connectivity index (χ1) is 9.38. The Morgan fingerprint density at radius 1 is 1.32 bits per heavy atom. The molecule has 0 spiro atoms. The van der Waals surface area contributed by atoms with Crippen LogP contribution in [0.25, 0.3) is 11.5 Å². The van der Waals surface area contributed by atoms with Crippen molar-refractivity contribution >= 4 is 0 Å². The van der Waals surface area contributed by atoms with Gasteiger partial charge in [-0.05, 0) is 24.6 Å². The van der Waals surface area contributed by atoms with E-state index in [2.05, 4.69) is 25.4 Å². The third kappa shape index (κ3) is 2.22. The fourth-order valence-electron chi connectivity index (χ4n) is 1.84. The van der Waals surface area contributed by atoms with Crippen LogP contribution >= 0.6 is 0 Å². The summed E-state index contributed by atoms with van der Waals surface area (Å²) in [5, 5.41) is 15.9. The van der Waals surface area contributed by atoms with Gasteiger partial charge in [-0.1, -0.05) is 12.1 Å². The number of hydrogen-bond donors (Lipinski definition) is 0. The average Bonchev–Trinajstić information content (AvgIpc) is 3.12. The summed E-state index contributed by atoms with van der Waals surface area (Å²) in [5.74, 6) is 0.959. The fraction of sp³-hybridized carbons (Fsp3) is 0.250. The Labute approximate surface area is 109 Å². The summed E-state index contributed by atoms with van der Waals surface area (Å²) in [5.41, 5.74) is 0.591. The van der Waals surface area contributed by atoms with Crippen molar-refractivity contribution in [2.24, 2.45) is 0 Å². The van der Waals surface area contributed by atoms with Crippen LogP contribution in [0.3, 0.4) is 0 Å². The maximum atomic E-state index is 5.31. The van der Waals surface area contributed by atoms with Gasteiger partial charge in [0.15, 0.2) is 0 Å². The average molecular weight is 256 g/mol. The largest absolute Gasteiger partial charge is 0.337 e. The van der Waals surface area contributed by atoms with Crippen molar-refractivity contribution in [3.8, 4) is 11.5 Å². The molecule has 0 fully saturated rings. The lowest BCUT2D eigenvalue weighted by Gasteiger charge is -2.09. The van der Waals surface area contributed by atoms with Gasteiger partial charge in [0, 0.05) is 18.6 Å². The number of nitrogens with zero attached hydrogens (tertiary/aromatic N) is 6. The van der Waals surface area contributed by atoms with Gasteiger partial charge in [0.05, 0.1) is 0 Å². The second kappa shape index (κ2) is 4.97. The molecule has 0 bridgehead atoms. The van der Waals surface area contributed by atoms with E-state index >= 15 is 0 Å². The predicted octanol–water partition coefficient (Wildman–Crippen LogP) is 1.72. The molecule has 0 radical (unpaired) electrons. The van der Waals surface area contributed by atoms with Crippen LogP contribution in [0.5, 0.6) is 0 Å². The number of hydrogen-bond acceptors (Lipinski definition) is 6. The molecule has 3 aromatic rings. The lowest BCUT2D eigenvalue weighted by Crippen LogP contribution is -2.10. The van der Waals surface area contributed by atoms with Crippen molar-refractivity contribution in [1.29, 1.82) is 0 Å². The quantitative estimate of drug-likeness (QED) is 0.706. The van der Waals surface area contributed by atoms with Crippen molar-refractivity contribution in [3.63, 3.8) is 0 Å². The van der Waals surface area contributed by atoms with Gasteiger partial charge < -0.3 is 4.52 Å². The molecule has 7 heteroatoms. The Morgan fingerprint density at radius 2 is 2.26 bits per heavy atom. The number of rotatable bonds is 4. The lowest BCUT2D eigenvalue weighted by molar-refractivity contribution is 0.321. The molecule has 0 aliphatic carbocycles. The van der Waals surface area contributed by atoms with Gasteiger partial charge >= 0.3 is 0 Å². The molecular formula is C12H12N6O. The zero-order chi connectivity index (χ0) is 13.1. The smallest absolute Gasteiger partial charge is 0.251 e. The van der Waals surface area contributed by atoms with E-state index in [1.807, 2.05) is 19.2 Å². The van der Waals surface area contributed by atoms with Gasteiger partial charge in [0.2, 0.25) is 5.82 Å². The molecule has 0 aliphatic rings. The van der Waals surface area contributed by atoms with E-state index in [4.69, 9.17) is 4.52 Å². The van der Waals surface area contributed by atoms with Crippen LogP contribution in [0.4, 0.5) is 0 Å². The minimum absolute atomic E-state index is 0.0621. The highest BCUT2D eigenvalue weighted by Crippen LogP contribution is 2.21. The first kappa shape index (κ1) is 11.5. The van der Waals surface area contributed by atoms with Gasteiger partial charge in [0.25, 0.3) is 5.89 Å². The van der Waals surface area contributed by atoms with Gasteiger partial charge in [-0.2, -0.15) is 15.2 Å². The SMILES string of the molecule is CCC(c1nc(-c2cccnn2)no1)n1cccn1. The topological polar surface area (TPSA) is 82.5 Å². The molecule has 0 amide bonds. The van der Waals surface area contributed by atoms with Crippen molar-refractivity contribution in [2.75, 3.05) is 0 Å². The van der Waals surface area contributed by atoms with Crippen molar-refractivity contribution in [1.82, 2.24) is 30.1 Å². The van der Waals surface area contributed by atoms with Crippen molar-refractivity contribution in [2.45, 2.75) is 19.4 Å². The molecule has 1 unspecified atom stereocenters. The fourth-order valence-corrected chi connectivity index (χ4v) is 1.84. The lowest BCUT2D eigenvalue weighted by atomic mass is 10.2. The molecule has 7 nitrogen and oxygen atoms in total. The number of aromatic nitrogens is 6. The highest BCUT2D eigenvalue weighted by atomic mass is 16.5. The third-order valence-corrected chi connectivity index (χ3v) is 2.76. The minimum atomic E-state index is -0.0621. The van der Waals surface area contributed by atoms with E-state index in [1.54, 1.807) is 29.2 Å². The Bertz CT molecular complexity index is 633. The highest BCUT2D eigenvalue weighted by molar-refractivity contribution is 5.46. The van der Waals surface area contributed by atoms with Crippen LogP contribution in [-0.2, 0) is 0 Å². The minimum Gasteiger partial charge on any atom is -0.337 e. The molecule has 3 rings (SSSR count). The summed E-state index contributed by atoms with van der Waals surface area (Å²) in [4.78, 5) is 4.37. The first-order valence-electron chi connectivity index (χ1n) is 5.99. The maximum absolute atomic E-state index is 5.31. The monoisotopic (exact) mass is 256 g/mol. The zero-order valence-electron chi connectivity index (χ0n) is 10.3. The second-order valence-corrected chi connectivity index (χ2v) is 3.98. The van der Waals surface area contributed by atoms with Crippen LogP contribution in [0, 0.1) is 0 Å². The summed E-state index contributed by atoms with van der Waals surface area (Å²) in [7, 11) is 0. The van der Waals surface area contributed by atoms with Crippen molar-refractivity contribution in [3.05, 3.63) is 42.7 Å². The second-order valence-electron chi connectivity index (χ2n) is 3.98. The van der Waals surface area contributed by atoms with E-state index < -0.39 is 0 Å². The van der Waals surface area contributed by atoms with Gasteiger partial charge in [-0.3, -0.25) is 4.68 Å². The molecular weight excluding hydrogens is 244 g/mol. The summed E-state index contributed by atoms with van der Waals surface area (Å²) < 4.78 is 7.11. The summed E-state index contributed by atoms with van der Waals surface area (Å²) in [6.07, 6.45) is 6.01. The van der Waals surface area contributed by atoms with Crippen LogP contribution in [0.1, 0.15) is 25.3 Å². The predicted molar refractivity (Wildman–Crippen MR) is 66.0 cm³/mol. The summed E-state index contributed by atoms with van der Waals surface area (Å²) in [6.45, 7) is 2.04. The van der Waals surface area contributed by atoms with Gasteiger partial charge in [0.1, 0.15) is 11.7 Å². The molecule has 96 valence electrons. The van der Waals surface area contributed by atoms with Gasteiger partial charge in [-0.25, -0.2) is 0 Å². The highest BCUT2D eigenvalue weighted by Gasteiger charge is 2.20. The molecule has 1 atom stereocenters. The normalized spacial score (nSPS) is 12.5. The Balaban J connectivity index is 1.93. The molecule has 0 saturated carbocycles. The van der Waals surface area contributed by atoms with Crippen LogP contribution < -0.4 is 0 Å². The maximum Gasteiger partial charge on any atom is 0.251 e. The van der Waals surface area contributed by atoms with Crippen LogP contribution in [-0.4, -0.2) is 30.1 Å². The molecule has 0 N–H and O–H groups in total. The van der Waals surface area contributed by atoms with Gasteiger partial charge in [-0.15, -0.1) is 5.10 Å². The first-order valence-corrected chi connectivity index (χ1v) is 5.99. The molecule has 3 aromatic heterocycles. The zero-order valence-corrected chi connectivity index (χ0v) is 10.3. The molecule has 0 aliphatic heterocycles. The van der Waals surface area contributed by atoms with E-state index in [9.17, 15) is 0 Å². The van der Waals surface area contributed by atoms with E-state index in [0.29, 0.717) is 17.4 Å². The van der Waals surface area contributed by atoms with E-state index in [1.165, 1.54) is 0 Å². The van der Waals surface area contributed by atoms with E-state index in [-0.39, 0.29) is 6.04 Å². The van der Waals surface area contributed by atoms with Crippen LogP contribution in [0.15, 0.2) is 41.3 Å². The van der Waals surface area contributed by atoms with Crippen molar-refractivity contribution < 1.29 is 4.52 Å². The molecule has 3 heterocycles. The summed E-state index contributed by atoms with van der Waals surface area (Å²) in [6, 6.07) is 5.37. The standard InChI is InChI=1S/C12H12N6O/c1-2-10(18-8-4-7-14-18)12-15-11(17-19-12)9-5-3-6-13-16-9/h3-8,10H,2H2,1H3. The summed E-state index contributed by atoms with van der Waals surface area (Å²) >= 11 is 0. The Morgan fingerprint density at radius 3 is 2.95 bits per heavy atom. The van der Waals surface area contributed by atoms with E-state index in [0.717, 1.165) is 6.42 Å².